The number of rotatable bonds is 6. The average Bonchev–Trinajstić information content (AvgIpc) is 2.90. The van der Waals surface area contributed by atoms with Crippen LogP contribution in [0.1, 0.15) is 30.0 Å². The summed E-state index contributed by atoms with van der Waals surface area (Å²) in [6.45, 7) is 4.48. The summed E-state index contributed by atoms with van der Waals surface area (Å²) in [5.41, 5.74) is 2.46. The van der Waals surface area contributed by atoms with Crippen LogP contribution in [-0.2, 0) is 16.1 Å². The number of hydroxylamine groups is 2. The van der Waals surface area contributed by atoms with Gasteiger partial charge in [-0.1, -0.05) is 54.6 Å². The van der Waals surface area contributed by atoms with Gasteiger partial charge in [0.2, 0.25) is 5.91 Å². The Kier molecular flexibility index (Phi) is 5.38. The molecule has 1 heterocycles. The van der Waals surface area contributed by atoms with Gasteiger partial charge in [0.15, 0.2) is 11.6 Å². The van der Waals surface area contributed by atoms with Crippen molar-refractivity contribution >= 4 is 11.7 Å². The van der Waals surface area contributed by atoms with E-state index >= 15 is 0 Å². The summed E-state index contributed by atoms with van der Waals surface area (Å²) in [5.74, 6) is 0.689. The lowest BCUT2D eigenvalue weighted by Crippen LogP contribution is -2.36. The standard InChI is InChI=1S/C21H25N3O2/c1-16-9-7-8-12-18(16)20-23-21(2,26-24(20)3)15-19(25)22-14-13-17-10-5-4-6-11-17/h4-12H,13-15H2,1-3H3,(H,22,25). The molecule has 0 bridgehead atoms. The van der Waals surface area contributed by atoms with Gasteiger partial charge in [-0.2, -0.15) is 0 Å². The number of aliphatic imine (C=N–C) groups is 1. The average molecular weight is 351 g/mol. The van der Waals surface area contributed by atoms with Crippen molar-refractivity contribution in [1.29, 1.82) is 0 Å². The molecule has 0 aliphatic carbocycles. The highest BCUT2D eigenvalue weighted by Gasteiger charge is 2.38. The molecule has 1 aliphatic heterocycles. The maximum atomic E-state index is 12.3. The van der Waals surface area contributed by atoms with Crippen LogP contribution in [0.5, 0.6) is 0 Å². The molecule has 26 heavy (non-hydrogen) atoms. The van der Waals surface area contributed by atoms with Crippen LogP contribution in [0.2, 0.25) is 0 Å². The van der Waals surface area contributed by atoms with E-state index in [9.17, 15) is 4.79 Å². The lowest BCUT2D eigenvalue weighted by Gasteiger charge is -2.21. The maximum absolute atomic E-state index is 12.3. The van der Waals surface area contributed by atoms with Crippen molar-refractivity contribution in [2.75, 3.05) is 13.6 Å². The van der Waals surface area contributed by atoms with Crippen LogP contribution in [0.3, 0.4) is 0 Å². The molecule has 5 nitrogen and oxygen atoms in total. The fraction of sp³-hybridized carbons (Fsp3) is 0.333. The molecule has 0 saturated heterocycles. The summed E-state index contributed by atoms with van der Waals surface area (Å²) in [5, 5.41) is 4.61. The minimum atomic E-state index is -0.886. The van der Waals surface area contributed by atoms with Crippen LogP contribution in [-0.4, -0.2) is 36.1 Å². The first-order chi connectivity index (χ1) is 12.5. The van der Waals surface area contributed by atoms with Crippen molar-refractivity contribution in [3.8, 4) is 0 Å². The Hall–Kier alpha value is -2.66. The lowest BCUT2D eigenvalue weighted by atomic mass is 10.1. The number of carbonyl (C=O) groups excluding carboxylic acids is 1. The topological polar surface area (TPSA) is 53.9 Å². The highest BCUT2D eigenvalue weighted by molar-refractivity contribution is 6.00. The smallest absolute Gasteiger partial charge is 0.225 e. The molecule has 5 heteroatoms. The molecular weight excluding hydrogens is 326 g/mol. The van der Waals surface area contributed by atoms with Crippen molar-refractivity contribution in [1.82, 2.24) is 10.4 Å². The predicted octanol–water partition coefficient (Wildman–Crippen LogP) is 3.08. The van der Waals surface area contributed by atoms with Gasteiger partial charge in [-0.05, 0) is 31.4 Å². The summed E-state index contributed by atoms with van der Waals surface area (Å²) in [7, 11) is 1.82. The Labute approximate surface area is 154 Å². The summed E-state index contributed by atoms with van der Waals surface area (Å²) in [4.78, 5) is 22.9. The largest absolute Gasteiger partial charge is 0.356 e. The van der Waals surface area contributed by atoms with E-state index in [0.717, 1.165) is 23.4 Å². The number of benzene rings is 2. The van der Waals surface area contributed by atoms with E-state index in [2.05, 4.69) is 17.4 Å². The zero-order chi connectivity index (χ0) is 18.6. The Morgan fingerprint density at radius 2 is 1.85 bits per heavy atom. The number of hydrogen-bond acceptors (Lipinski definition) is 4. The second kappa shape index (κ2) is 7.70. The molecule has 0 aromatic heterocycles. The van der Waals surface area contributed by atoms with Crippen molar-refractivity contribution in [3.63, 3.8) is 0 Å². The molecule has 1 N–H and O–H groups in total. The summed E-state index contributed by atoms with van der Waals surface area (Å²) in [6, 6.07) is 18.1. The summed E-state index contributed by atoms with van der Waals surface area (Å²) < 4.78 is 0. The molecule has 2 aromatic rings. The number of aryl methyl sites for hydroxylation is 1. The van der Waals surface area contributed by atoms with Gasteiger partial charge in [-0.3, -0.25) is 4.79 Å². The van der Waals surface area contributed by atoms with Crippen LogP contribution in [0, 0.1) is 6.92 Å². The Balaban J connectivity index is 1.60. The number of nitrogens with zero attached hydrogens (tertiary/aromatic N) is 2. The Morgan fingerprint density at radius 1 is 1.15 bits per heavy atom. The van der Waals surface area contributed by atoms with Gasteiger partial charge in [-0.15, -0.1) is 0 Å². The molecule has 0 radical (unpaired) electrons. The second-order valence-corrected chi connectivity index (χ2v) is 6.78. The molecule has 1 atom stereocenters. The van der Waals surface area contributed by atoms with Gasteiger partial charge >= 0.3 is 0 Å². The van der Waals surface area contributed by atoms with Crippen molar-refractivity contribution in [2.45, 2.75) is 32.4 Å². The Morgan fingerprint density at radius 3 is 2.58 bits per heavy atom. The molecule has 1 unspecified atom stereocenters. The third-order valence-electron chi connectivity index (χ3n) is 4.43. The van der Waals surface area contributed by atoms with E-state index in [1.54, 1.807) is 5.06 Å². The first-order valence-corrected chi connectivity index (χ1v) is 8.86. The van der Waals surface area contributed by atoms with E-state index in [4.69, 9.17) is 9.83 Å². The molecule has 136 valence electrons. The quantitative estimate of drug-likeness (QED) is 0.870. The van der Waals surface area contributed by atoms with Crippen LogP contribution in [0.15, 0.2) is 59.6 Å². The molecule has 0 spiro atoms. The highest BCUT2D eigenvalue weighted by Crippen LogP contribution is 2.28. The second-order valence-electron chi connectivity index (χ2n) is 6.78. The van der Waals surface area contributed by atoms with Crippen molar-refractivity contribution < 1.29 is 9.63 Å². The third kappa shape index (κ3) is 4.29. The Bertz CT molecular complexity index is 804. The zero-order valence-electron chi connectivity index (χ0n) is 15.5. The van der Waals surface area contributed by atoms with Crippen molar-refractivity contribution in [2.24, 2.45) is 4.99 Å². The third-order valence-corrected chi connectivity index (χ3v) is 4.43. The van der Waals surface area contributed by atoms with Gasteiger partial charge in [0.25, 0.3) is 0 Å². The summed E-state index contributed by atoms with van der Waals surface area (Å²) in [6.07, 6.45) is 0.989. The molecular formula is C21H25N3O2. The monoisotopic (exact) mass is 351 g/mol. The minimum Gasteiger partial charge on any atom is -0.356 e. The first-order valence-electron chi connectivity index (χ1n) is 8.86. The first kappa shape index (κ1) is 18.1. The molecule has 2 aromatic carbocycles. The van der Waals surface area contributed by atoms with E-state index in [-0.39, 0.29) is 12.3 Å². The van der Waals surface area contributed by atoms with Gasteiger partial charge in [-0.25, -0.2) is 14.9 Å². The minimum absolute atomic E-state index is 0.0633. The molecule has 0 saturated carbocycles. The summed E-state index contributed by atoms with van der Waals surface area (Å²) >= 11 is 0. The fourth-order valence-corrected chi connectivity index (χ4v) is 3.13. The number of nitrogens with one attached hydrogen (secondary N) is 1. The molecule has 1 amide bonds. The van der Waals surface area contributed by atoms with E-state index in [1.807, 2.05) is 63.4 Å². The van der Waals surface area contributed by atoms with Crippen LogP contribution in [0.25, 0.3) is 0 Å². The van der Waals surface area contributed by atoms with Gasteiger partial charge in [0, 0.05) is 19.2 Å². The normalized spacial score (nSPS) is 19.3. The maximum Gasteiger partial charge on any atom is 0.225 e. The van der Waals surface area contributed by atoms with E-state index < -0.39 is 5.72 Å². The zero-order valence-corrected chi connectivity index (χ0v) is 15.5. The van der Waals surface area contributed by atoms with Gasteiger partial charge in [0.1, 0.15) is 0 Å². The SMILES string of the molecule is Cc1ccccc1C1=NC(C)(CC(=O)NCCc2ccccc2)ON1C. The van der Waals surface area contributed by atoms with Crippen LogP contribution >= 0.6 is 0 Å². The van der Waals surface area contributed by atoms with E-state index in [0.29, 0.717) is 6.54 Å². The van der Waals surface area contributed by atoms with Gasteiger partial charge in [0.05, 0.1) is 6.42 Å². The fourth-order valence-electron chi connectivity index (χ4n) is 3.13. The molecule has 0 fully saturated rings. The number of carbonyl (C=O) groups is 1. The van der Waals surface area contributed by atoms with E-state index in [1.165, 1.54) is 5.56 Å². The lowest BCUT2D eigenvalue weighted by molar-refractivity contribution is -0.166. The highest BCUT2D eigenvalue weighted by atomic mass is 16.7. The van der Waals surface area contributed by atoms with Crippen LogP contribution < -0.4 is 5.32 Å². The number of amides is 1. The van der Waals surface area contributed by atoms with Crippen LogP contribution in [0.4, 0.5) is 0 Å². The molecule has 3 rings (SSSR count). The molecule has 1 aliphatic rings. The predicted molar refractivity (Wildman–Crippen MR) is 103 cm³/mol. The van der Waals surface area contributed by atoms with Gasteiger partial charge < -0.3 is 5.32 Å². The van der Waals surface area contributed by atoms with Crippen molar-refractivity contribution in [3.05, 3.63) is 71.3 Å². The number of amidine groups is 1. The number of hydrogen-bond donors (Lipinski definition) is 1.